The summed E-state index contributed by atoms with van der Waals surface area (Å²) in [4.78, 5) is 0. The highest BCUT2D eigenvalue weighted by Crippen LogP contribution is 2.25. The highest BCUT2D eigenvalue weighted by atomic mass is 35.5. The molecule has 2 aromatic carbocycles. The molecule has 0 saturated carbocycles. The van der Waals surface area contributed by atoms with E-state index in [1.807, 2.05) is 0 Å². The lowest BCUT2D eigenvalue weighted by Crippen LogP contribution is -2.15. The van der Waals surface area contributed by atoms with Gasteiger partial charge < -0.3 is 16.2 Å². The average molecular weight is 423 g/mol. The van der Waals surface area contributed by atoms with E-state index in [0.29, 0.717) is 16.3 Å². The van der Waals surface area contributed by atoms with Crippen LogP contribution < -0.4 is 16.2 Å². The van der Waals surface area contributed by atoms with Gasteiger partial charge in [0.2, 0.25) is 0 Å². The quantitative estimate of drug-likeness (QED) is 0.356. The molecular formula is C17H13Cl2FN6O2. The number of anilines is 1. The summed E-state index contributed by atoms with van der Waals surface area (Å²) in [5.74, 6) is -0.167. The molecule has 0 aliphatic carbocycles. The summed E-state index contributed by atoms with van der Waals surface area (Å²) in [6.45, 7) is -0.0828. The Hall–Kier alpha value is -3.17. The zero-order valence-electron chi connectivity index (χ0n) is 14.1. The molecule has 0 aliphatic rings. The molecule has 0 bridgehead atoms. The van der Waals surface area contributed by atoms with Gasteiger partial charge in [0, 0.05) is 16.1 Å². The van der Waals surface area contributed by atoms with Gasteiger partial charge in [-0.05, 0) is 40.6 Å². The maximum atomic E-state index is 13.9. The Kier molecular flexibility index (Phi) is 6.07. The molecule has 3 aromatic rings. The molecule has 11 heteroatoms. The van der Waals surface area contributed by atoms with Gasteiger partial charge in [0.15, 0.2) is 17.3 Å². The molecule has 144 valence electrons. The Labute approximate surface area is 168 Å². The van der Waals surface area contributed by atoms with Crippen molar-refractivity contribution in [1.29, 1.82) is 0 Å². The third-order valence-corrected chi connectivity index (χ3v) is 4.11. The fourth-order valence-electron chi connectivity index (χ4n) is 2.15. The Morgan fingerprint density at radius 1 is 1.25 bits per heavy atom. The van der Waals surface area contributed by atoms with E-state index in [9.17, 15) is 4.39 Å². The number of nitrogens with two attached hydrogens (primary N) is 2. The predicted octanol–water partition coefficient (Wildman–Crippen LogP) is 3.42. The number of ether oxygens (including phenoxy) is 1. The molecule has 28 heavy (non-hydrogen) atoms. The maximum absolute atomic E-state index is 13.9. The molecule has 0 aliphatic heterocycles. The number of hydrogen-bond donors (Lipinski definition) is 2. The number of nitrogen functional groups attached to an aromatic ring is 1. The van der Waals surface area contributed by atoms with Gasteiger partial charge in [-0.15, -0.1) is 5.10 Å². The molecule has 0 fully saturated rings. The second-order valence-corrected chi connectivity index (χ2v) is 6.24. The summed E-state index contributed by atoms with van der Waals surface area (Å²) in [7, 11) is 0. The van der Waals surface area contributed by atoms with Crippen LogP contribution in [0.2, 0.25) is 10.0 Å². The molecule has 0 unspecified atom stereocenters. The van der Waals surface area contributed by atoms with E-state index >= 15 is 0 Å². The molecule has 3 rings (SSSR count). The SMILES string of the molecule is N/C(=N\N=Cc1cc(Cl)ccc1OCc1c(F)cccc1Cl)c1nonc1N. The van der Waals surface area contributed by atoms with Crippen molar-refractivity contribution in [3.63, 3.8) is 0 Å². The summed E-state index contributed by atoms with van der Waals surface area (Å²) >= 11 is 12.0. The van der Waals surface area contributed by atoms with Gasteiger partial charge in [0.05, 0.1) is 11.2 Å². The van der Waals surface area contributed by atoms with Crippen molar-refractivity contribution in [1.82, 2.24) is 10.3 Å². The third kappa shape index (κ3) is 4.56. The Bertz CT molecular complexity index is 1030. The van der Waals surface area contributed by atoms with Crippen LogP contribution in [0.4, 0.5) is 10.2 Å². The van der Waals surface area contributed by atoms with Gasteiger partial charge in [-0.25, -0.2) is 9.02 Å². The van der Waals surface area contributed by atoms with Gasteiger partial charge in [-0.2, -0.15) is 5.10 Å². The number of aromatic nitrogens is 2. The topological polar surface area (TPSA) is 125 Å². The van der Waals surface area contributed by atoms with Crippen LogP contribution in [0, 0.1) is 5.82 Å². The van der Waals surface area contributed by atoms with Crippen molar-refractivity contribution >= 4 is 41.1 Å². The highest BCUT2D eigenvalue weighted by Gasteiger charge is 2.11. The van der Waals surface area contributed by atoms with E-state index in [0.717, 1.165) is 0 Å². The zero-order valence-corrected chi connectivity index (χ0v) is 15.7. The molecule has 8 nitrogen and oxygen atoms in total. The van der Waals surface area contributed by atoms with Crippen LogP contribution in [0.1, 0.15) is 16.8 Å². The zero-order chi connectivity index (χ0) is 20.1. The summed E-state index contributed by atoms with van der Waals surface area (Å²) in [5, 5.41) is 15.3. The predicted molar refractivity (Wildman–Crippen MR) is 104 cm³/mol. The van der Waals surface area contributed by atoms with Crippen molar-refractivity contribution in [3.8, 4) is 5.75 Å². The third-order valence-electron chi connectivity index (χ3n) is 3.52. The van der Waals surface area contributed by atoms with E-state index in [1.54, 1.807) is 24.3 Å². The van der Waals surface area contributed by atoms with Gasteiger partial charge in [0.25, 0.3) is 0 Å². The Balaban J connectivity index is 1.80. The lowest BCUT2D eigenvalue weighted by Gasteiger charge is -2.11. The number of halogens is 3. The Morgan fingerprint density at radius 3 is 2.79 bits per heavy atom. The minimum absolute atomic E-state index is 0.00926. The fourth-order valence-corrected chi connectivity index (χ4v) is 2.54. The first-order valence-corrected chi connectivity index (χ1v) is 8.51. The van der Waals surface area contributed by atoms with Gasteiger partial charge >= 0.3 is 0 Å². The largest absolute Gasteiger partial charge is 0.488 e. The number of benzene rings is 2. The summed E-state index contributed by atoms with van der Waals surface area (Å²) in [5.41, 5.74) is 12.0. The number of rotatable bonds is 6. The fraction of sp³-hybridized carbons (Fsp3) is 0.0588. The van der Waals surface area contributed by atoms with Gasteiger partial charge in [0.1, 0.15) is 18.2 Å². The number of hydrogen-bond acceptors (Lipinski definition) is 7. The molecule has 0 saturated heterocycles. The van der Waals surface area contributed by atoms with Crippen molar-refractivity contribution in [2.75, 3.05) is 5.73 Å². The summed E-state index contributed by atoms with van der Waals surface area (Å²) < 4.78 is 24.0. The maximum Gasteiger partial charge on any atom is 0.199 e. The molecule has 1 heterocycles. The van der Waals surface area contributed by atoms with E-state index in [4.69, 9.17) is 39.4 Å². The van der Waals surface area contributed by atoms with Gasteiger partial charge in [-0.3, -0.25) is 0 Å². The first-order chi connectivity index (χ1) is 13.5. The Morgan fingerprint density at radius 2 is 2.07 bits per heavy atom. The summed E-state index contributed by atoms with van der Waals surface area (Å²) in [6, 6.07) is 9.23. The first kappa shape index (κ1) is 19.6. The van der Waals surface area contributed by atoms with Crippen LogP contribution in [0.5, 0.6) is 5.75 Å². The smallest absolute Gasteiger partial charge is 0.199 e. The van der Waals surface area contributed by atoms with E-state index < -0.39 is 5.82 Å². The molecule has 4 N–H and O–H groups in total. The van der Waals surface area contributed by atoms with E-state index in [-0.39, 0.29) is 34.5 Å². The van der Waals surface area contributed by atoms with Crippen LogP contribution >= 0.6 is 23.2 Å². The molecular weight excluding hydrogens is 410 g/mol. The summed E-state index contributed by atoms with van der Waals surface area (Å²) in [6.07, 6.45) is 1.36. The average Bonchev–Trinajstić information content (AvgIpc) is 3.08. The molecule has 0 atom stereocenters. The van der Waals surface area contributed by atoms with Crippen LogP contribution in [0.25, 0.3) is 0 Å². The monoisotopic (exact) mass is 422 g/mol. The van der Waals surface area contributed by atoms with Gasteiger partial charge in [-0.1, -0.05) is 29.3 Å². The van der Waals surface area contributed by atoms with E-state index in [1.165, 1.54) is 18.3 Å². The molecule has 0 spiro atoms. The van der Waals surface area contributed by atoms with Crippen molar-refractivity contribution in [3.05, 3.63) is 69.1 Å². The standard InChI is InChI=1S/C17H13Cl2FN6O2/c18-10-4-5-14(27-8-11-12(19)2-1-3-13(11)20)9(6-10)7-23-24-16(21)15-17(22)26-28-25-15/h1-7H,8H2,(H2,21,24)(H2,22,26). The number of nitrogens with zero attached hydrogens (tertiary/aromatic N) is 4. The van der Waals surface area contributed by atoms with Crippen LogP contribution in [0.15, 0.2) is 51.2 Å². The lowest BCUT2D eigenvalue weighted by molar-refractivity contribution is 0.299. The molecule has 1 aromatic heterocycles. The first-order valence-electron chi connectivity index (χ1n) is 7.76. The van der Waals surface area contributed by atoms with Crippen molar-refractivity contribution in [2.45, 2.75) is 6.61 Å². The second-order valence-electron chi connectivity index (χ2n) is 5.40. The van der Waals surface area contributed by atoms with Crippen molar-refractivity contribution < 1.29 is 13.8 Å². The van der Waals surface area contributed by atoms with Crippen molar-refractivity contribution in [2.24, 2.45) is 15.9 Å². The van der Waals surface area contributed by atoms with Crippen LogP contribution in [-0.4, -0.2) is 22.4 Å². The highest BCUT2D eigenvalue weighted by molar-refractivity contribution is 6.31. The lowest BCUT2D eigenvalue weighted by atomic mass is 10.2. The van der Waals surface area contributed by atoms with E-state index in [2.05, 4.69) is 25.1 Å². The second kappa shape index (κ2) is 8.68. The van der Waals surface area contributed by atoms with Crippen LogP contribution in [-0.2, 0) is 6.61 Å². The van der Waals surface area contributed by atoms with Crippen LogP contribution in [0.3, 0.4) is 0 Å². The molecule has 0 amide bonds. The molecule has 0 radical (unpaired) electrons. The minimum Gasteiger partial charge on any atom is -0.488 e. The number of amidine groups is 1. The normalized spacial score (nSPS) is 11.9. The minimum atomic E-state index is -0.465.